The molecule has 0 unspecified atom stereocenters. The zero-order valence-electron chi connectivity index (χ0n) is 10.2. The van der Waals surface area contributed by atoms with Crippen molar-refractivity contribution in [1.82, 2.24) is 9.97 Å². The molecule has 0 aliphatic heterocycles. The molecular weight excluding hydrogens is 248 g/mol. The van der Waals surface area contributed by atoms with Gasteiger partial charge in [-0.2, -0.15) is 0 Å². The second kappa shape index (κ2) is 5.35. The summed E-state index contributed by atoms with van der Waals surface area (Å²) in [5.74, 6) is -0.410. The number of aryl methyl sites for hydroxylation is 1. The van der Waals surface area contributed by atoms with Gasteiger partial charge in [-0.15, -0.1) is 0 Å². The summed E-state index contributed by atoms with van der Waals surface area (Å²) < 4.78 is 0. The minimum Gasteiger partial charge on any atom is -0.549 e. The SMILES string of the molecule is CC[C@@H](Sc1nc(C)nc2ccccc12)C(=O)[O-]. The maximum atomic E-state index is 11.0. The molecule has 0 fully saturated rings. The highest BCUT2D eigenvalue weighted by Crippen LogP contribution is 2.29. The summed E-state index contributed by atoms with van der Waals surface area (Å²) in [4.78, 5) is 19.6. The van der Waals surface area contributed by atoms with Gasteiger partial charge in [-0.25, -0.2) is 9.97 Å². The van der Waals surface area contributed by atoms with Crippen LogP contribution in [0, 0.1) is 6.92 Å². The second-order valence-electron chi connectivity index (χ2n) is 3.93. The minimum absolute atomic E-state index is 0.504. The van der Waals surface area contributed by atoms with Gasteiger partial charge in [-0.1, -0.05) is 36.9 Å². The smallest absolute Gasteiger partial charge is 0.127 e. The van der Waals surface area contributed by atoms with Crippen LogP contribution in [0.5, 0.6) is 0 Å². The lowest BCUT2D eigenvalue weighted by molar-refractivity contribution is -0.304. The number of para-hydroxylation sites is 1. The van der Waals surface area contributed by atoms with Crippen LogP contribution in [-0.4, -0.2) is 21.2 Å². The van der Waals surface area contributed by atoms with Crippen molar-refractivity contribution in [3.8, 4) is 0 Å². The van der Waals surface area contributed by atoms with E-state index < -0.39 is 11.2 Å². The molecule has 94 valence electrons. The lowest BCUT2D eigenvalue weighted by Crippen LogP contribution is -2.33. The summed E-state index contributed by atoms with van der Waals surface area (Å²) in [6.45, 7) is 3.63. The van der Waals surface area contributed by atoms with Crippen LogP contribution in [-0.2, 0) is 4.79 Å². The predicted octanol–water partition coefficient (Wildman–Crippen LogP) is 1.56. The van der Waals surface area contributed by atoms with E-state index in [1.165, 1.54) is 11.8 Å². The van der Waals surface area contributed by atoms with E-state index >= 15 is 0 Å². The molecule has 0 saturated heterocycles. The lowest BCUT2D eigenvalue weighted by atomic mass is 10.2. The molecule has 0 aliphatic carbocycles. The third kappa shape index (κ3) is 2.61. The Morgan fingerprint density at radius 3 is 2.78 bits per heavy atom. The number of rotatable bonds is 4. The molecule has 2 aromatic rings. The molecule has 1 aromatic carbocycles. The summed E-state index contributed by atoms with van der Waals surface area (Å²) in [7, 11) is 0. The van der Waals surface area contributed by atoms with Gasteiger partial charge in [-0.3, -0.25) is 0 Å². The Morgan fingerprint density at radius 2 is 2.11 bits per heavy atom. The van der Waals surface area contributed by atoms with Crippen molar-refractivity contribution in [1.29, 1.82) is 0 Å². The number of fused-ring (bicyclic) bond motifs is 1. The van der Waals surface area contributed by atoms with Crippen molar-refractivity contribution in [2.24, 2.45) is 0 Å². The Hall–Kier alpha value is -1.62. The molecule has 0 amide bonds. The van der Waals surface area contributed by atoms with Gasteiger partial charge in [0.25, 0.3) is 0 Å². The molecule has 0 saturated carbocycles. The zero-order valence-corrected chi connectivity index (χ0v) is 11.0. The van der Waals surface area contributed by atoms with E-state index in [1.807, 2.05) is 31.2 Å². The fraction of sp³-hybridized carbons (Fsp3) is 0.308. The summed E-state index contributed by atoms with van der Waals surface area (Å²) in [5, 5.41) is 12.0. The molecule has 1 atom stereocenters. The highest BCUT2D eigenvalue weighted by Gasteiger charge is 2.13. The maximum absolute atomic E-state index is 11.0. The fourth-order valence-electron chi connectivity index (χ4n) is 1.68. The van der Waals surface area contributed by atoms with Crippen LogP contribution in [0.4, 0.5) is 0 Å². The van der Waals surface area contributed by atoms with E-state index in [2.05, 4.69) is 9.97 Å². The quantitative estimate of drug-likeness (QED) is 0.617. The van der Waals surface area contributed by atoms with Crippen molar-refractivity contribution in [3.63, 3.8) is 0 Å². The predicted molar refractivity (Wildman–Crippen MR) is 69.2 cm³/mol. The maximum Gasteiger partial charge on any atom is 0.127 e. The van der Waals surface area contributed by atoms with Crippen LogP contribution in [0.25, 0.3) is 10.9 Å². The van der Waals surface area contributed by atoms with Crippen LogP contribution in [0.3, 0.4) is 0 Å². The first kappa shape index (κ1) is 12.8. The van der Waals surface area contributed by atoms with Gasteiger partial charge in [0, 0.05) is 5.39 Å². The van der Waals surface area contributed by atoms with Gasteiger partial charge < -0.3 is 9.90 Å². The molecule has 4 nitrogen and oxygen atoms in total. The van der Waals surface area contributed by atoms with Crippen molar-refractivity contribution < 1.29 is 9.90 Å². The number of carbonyl (C=O) groups is 1. The minimum atomic E-state index is -1.05. The molecule has 0 N–H and O–H groups in total. The van der Waals surface area contributed by atoms with Gasteiger partial charge in [0.1, 0.15) is 10.9 Å². The molecule has 5 heteroatoms. The van der Waals surface area contributed by atoms with Crippen LogP contribution in [0.1, 0.15) is 19.2 Å². The Bertz CT molecular complexity index is 586. The number of nitrogens with zero attached hydrogens (tertiary/aromatic N) is 2. The molecule has 0 bridgehead atoms. The van der Waals surface area contributed by atoms with Gasteiger partial charge >= 0.3 is 0 Å². The molecule has 0 radical (unpaired) electrons. The van der Waals surface area contributed by atoms with Crippen LogP contribution >= 0.6 is 11.8 Å². The topological polar surface area (TPSA) is 65.9 Å². The molecule has 1 aromatic heterocycles. The van der Waals surface area contributed by atoms with E-state index in [0.717, 1.165) is 10.9 Å². The van der Waals surface area contributed by atoms with Crippen LogP contribution in [0.15, 0.2) is 29.3 Å². The second-order valence-corrected chi connectivity index (χ2v) is 5.12. The number of hydrogen-bond donors (Lipinski definition) is 0. The van der Waals surface area contributed by atoms with E-state index in [1.54, 1.807) is 6.92 Å². The Labute approximate surface area is 109 Å². The number of thioether (sulfide) groups is 1. The van der Waals surface area contributed by atoms with E-state index in [4.69, 9.17) is 0 Å². The summed E-state index contributed by atoms with van der Waals surface area (Å²) in [6.07, 6.45) is 0.504. The standard InChI is InChI=1S/C13H14N2O2S/c1-3-11(13(16)17)18-12-9-6-4-5-7-10(9)14-8(2)15-12/h4-7,11H,3H2,1-2H3,(H,16,17)/p-1/t11-/m1/s1. The normalized spacial score (nSPS) is 12.6. The number of carboxylic acids is 1. The first-order valence-electron chi connectivity index (χ1n) is 5.72. The highest BCUT2D eigenvalue weighted by molar-refractivity contribution is 8.00. The first-order chi connectivity index (χ1) is 8.61. The number of carboxylic acid groups (broad SMARTS) is 1. The van der Waals surface area contributed by atoms with E-state index in [-0.39, 0.29) is 0 Å². The van der Waals surface area contributed by atoms with E-state index in [9.17, 15) is 9.90 Å². The summed E-state index contributed by atoms with van der Waals surface area (Å²) >= 11 is 1.23. The zero-order chi connectivity index (χ0) is 13.1. The largest absolute Gasteiger partial charge is 0.549 e. The van der Waals surface area contributed by atoms with Gasteiger partial charge in [0.15, 0.2) is 0 Å². The molecule has 2 rings (SSSR count). The summed E-state index contributed by atoms with van der Waals surface area (Å²) in [6, 6.07) is 7.59. The van der Waals surface area contributed by atoms with Crippen LogP contribution in [0.2, 0.25) is 0 Å². The average Bonchev–Trinajstić information content (AvgIpc) is 2.35. The fourth-order valence-corrected chi connectivity index (χ4v) is 2.70. The van der Waals surface area contributed by atoms with Gasteiger partial charge in [-0.05, 0) is 19.4 Å². The number of aliphatic carboxylic acids is 1. The molecule has 0 spiro atoms. The average molecular weight is 261 g/mol. The van der Waals surface area contributed by atoms with Crippen molar-refractivity contribution >= 4 is 28.6 Å². The number of carbonyl (C=O) groups excluding carboxylic acids is 1. The van der Waals surface area contributed by atoms with Crippen LogP contribution < -0.4 is 5.11 Å². The number of aromatic nitrogens is 2. The first-order valence-corrected chi connectivity index (χ1v) is 6.60. The van der Waals surface area contributed by atoms with Gasteiger partial charge in [0.05, 0.1) is 16.7 Å². The molecule has 18 heavy (non-hydrogen) atoms. The molecular formula is C13H13N2O2S-. The van der Waals surface area contributed by atoms with Crippen molar-refractivity contribution in [2.75, 3.05) is 0 Å². The summed E-state index contributed by atoms with van der Waals surface area (Å²) in [5.41, 5.74) is 0.834. The van der Waals surface area contributed by atoms with Crippen molar-refractivity contribution in [3.05, 3.63) is 30.1 Å². The Morgan fingerprint density at radius 1 is 1.39 bits per heavy atom. The third-order valence-corrected chi connectivity index (χ3v) is 3.91. The monoisotopic (exact) mass is 261 g/mol. The Balaban J connectivity index is 2.46. The Kier molecular flexibility index (Phi) is 3.81. The number of hydrogen-bond acceptors (Lipinski definition) is 5. The highest BCUT2D eigenvalue weighted by atomic mass is 32.2. The van der Waals surface area contributed by atoms with Gasteiger partial charge in [0.2, 0.25) is 0 Å². The lowest BCUT2D eigenvalue weighted by Gasteiger charge is -2.16. The third-order valence-electron chi connectivity index (χ3n) is 2.57. The van der Waals surface area contributed by atoms with E-state index in [0.29, 0.717) is 17.3 Å². The molecule has 1 heterocycles. The van der Waals surface area contributed by atoms with Crippen molar-refractivity contribution in [2.45, 2.75) is 30.5 Å². The number of benzene rings is 1. The molecule has 0 aliphatic rings.